The van der Waals surface area contributed by atoms with E-state index in [-0.39, 0.29) is 55.5 Å². The van der Waals surface area contributed by atoms with E-state index >= 15 is 0 Å². The normalized spacial score (nSPS) is 21.6. The first-order valence-electron chi connectivity index (χ1n) is 19.1. The maximum atomic E-state index is 14.3. The van der Waals surface area contributed by atoms with Gasteiger partial charge in [-0.25, -0.2) is 9.50 Å². The fraction of sp³-hybridized carbons (Fsp3) is 0.439. The molecule has 15 nitrogen and oxygen atoms in total. The van der Waals surface area contributed by atoms with Gasteiger partial charge in [0, 0.05) is 37.8 Å². The van der Waals surface area contributed by atoms with Gasteiger partial charge in [-0.2, -0.15) is 5.10 Å². The first-order valence-corrected chi connectivity index (χ1v) is 19.1. The Morgan fingerprint density at radius 2 is 1.75 bits per heavy atom. The summed E-state index contributed by atoms with van der Waals surface area (Å²) in [5.74, 6) is -0.822. The number of amides is 5. The van der Waals surface area contributed by atoms with Crippen LogP contribution >= 0.6 is 0 Å². The van der Waals surface area contributed by atoms with Crippen LogP contribution < -0.4 is 30.7 Å². The zero-order valence-corrected chi connectivity index (χ0v) is 32.2. The summed E-state index contributed by atoms with van der Waals surface area (Å²) in [4.78, 5) is 75.1. The number of hydrogen-bond acceptors (Lipinski definition) is 9. The highest BCUT2D eigenvalue weighted by molar-refractivity contribution is 5.98. The lowest BCUT2D eigenvalue weighted by atomic mass is 10.0. The van der Waals surface area contributed by atoms with Crippen LogP contribution in [-0.4, -0.2) is 100 Å². The number of carbonyl (C=O) groups is 5. The lowest BCUT2D eigenvalue weighted by Crippen LogP contribution is -2.58. The molecule has 1 saturated carbocycles. The van der Waals surface area contributed by atoms with Crippen LogP contribution in [0, 0.1) is 11.8 Å². The number of carbonyl (C=O) groups excluding carboxylic acids is 5. The Hall–Kier alpha value is -5.99. The number of nitrogens with one attached hydrogen (secondary N) is 4. The van der Waals surface area contributed by atoms with Gasteiger partial charge in [-0.3, -0.25) is 24.0 Å². The Kier molecular flexibility index (Phi) is 12.8. The van der Waals surface area contributed by atoms with Gasteiger partial charge in [0.1, 0.15) is 36.2 Å². The molecule has 4 heterocycles. The number of methoxy groups -OCH3 is 1. The van der Waals surface area contributed by atoms with E-state index in [1.807, 2.05) is 0 Å². The van der Waals surface area contributed by atoms with E-state index in [1.165, 1.54) is 15.5 Å². The summed E-state index contributed by atoms with van der Waals surface area (Å²) in [6.45, 7) is 6.11. The van der Waals surface area contributed by atoms with Crippen molar-refractivity contribution in [3.63, 3.8) is 0 Å². The molecule has 2 aromatic carbocycles. The van der Waals surface area contributed by atoms with Gasteiger partial charge in [0.15, 0.2) is 11.3 Å². The predicted molar refractivity (Wildman–Crippen MR) is 207 cm³/mol. The number of rotatable bonds is 9. The zero-order valence-electron chi connectivity index (χ0n) is 32.2. The van der Waals surface area contributed by atoms with Crippen LogP contribution in [0.1, 0.15) is 61.6 Å². The fourth-order valence-corrected chi connectivity index (χ4v) is 6.69. The highest BCUT2D eigenvalue weighted by atomic mass is 16.5. The molecule has 3 aliphatic rings. The molecule has 5 amide bonds. The van der Waals surface area contributed by atoms with Crippen molar-refractivity contribution < 1.29 is 33.4 Å². The minimum absolute atomic E-state index is 0.0605. The van der Waals surface area contributed by atoms with Crippen molar-refractivity contribution in [2.24, 2.45) is 11.8 Å². The van der Waals surface area contributed by atoms with Gasteiger partial charge < -0.3 is 35.6 Å². The topological polar surface area (TPSA) is 185 Å². The summed E-state index contributed by atoms with van der Waals surface area (Å²) in [5, 5.41) is 15.9. The number of benzene rings is 2. The number of hydrogen-bond donors (Lipinski definition) is 4. The van der Waals surface area contributed by atoms with Crippen LogP contribution in [0.3, 0.4) is 0 Å². The molecule has 15 heteroatoms. The maximum absolute atomic E-state index is 14.3. The van der Waals surface area contributed by atoms with Gasteiger partial charge in [0.05, 0.1) is 19.7 Å². The zero-order chi connectivity index (χ0) is 39.8. The summed E-state index contributed by atoms with van der Waals surface area (Å²) in [5.41, 5.74) is 1.95. The average molecular weight is 767 g/mol. The first kappa shape index (κ1) is 39.7. The first-order chi connectivity index (χ1) is 26.9. The second kappa shape index (κ2) is 18.1. The fourth-order valence-electron chi connectivity index (χ4n) is 6.69. The molecule has 1 fully saturated rings. The third kappa shape index (κ3) is 10.8. The van der Waals surface area contributed by atoms with E-state index in [0.29, 0.717) is 35.7 Å². The van der Waals surface area contributed by atoms with Crippen molar-refractivity contribution in [3.8, 4) is 11.5 Å². The molecule has 56 heavy (non-hydrogen) atoms. The number of fused-ring (bicyclic) bond motifs is 18. The van der Waals surface area contributed by atoms with Gasteiger partial charge >= 0.3 is 0 Å². The van der Waals surface area contributed by atoms with Crippen molar-refractivity contribution >= 4 is 35.2 Å². The third-order valence-electron chi connectivity index (χ3n) is 9.81. The lowest BCUT2D eigenvalue weighted by Gasteiger charge is -2.29. The standard InChI is InChI=1S/C41H50N8O7/c1-25(2)18-30-24-56-32-14-10-28(11-15-32)20-34(46-40(53)35-21-36-42-16-5-17-49(36)47-35)39(52)45-33(19-27-8-12-31(55-4)13-9-27)38(51)43-26(3)41(54)48(22-29-6-7-29)23-37(50)44-30/h5,8-17,21,25-26,29-30,33-34H,6-7,18-20,22-24H2,1-4H3,(H,43,51)(H,44,50)(H,45,52)(H,46,53)/t26-,30+,33+,34+/m1/s1. The van der Waals surface area contributed by atoms with Crippen LogP contribution in [0.25, 0.3) is 5.65 Å². The van der Waals surface area contributed by atoms with E-state index in [4.69, 9.17) is 9.47 Å². The average Bonchev–Trinajstić information content (AvgIpc) is 3.89. The molecular weight excluding hydrogens is 716 g/mol. The number of ether oxygens (including phenoxy) is 2. The van der Waals surface area contributed by atoms with Crippen molar-refractivity contribution in [1.82, 2.24) is 40.8 Å². The summed E-state index contributed by atoms with van der Waals surface area (Å²) in [7, 11) is 1.55. The molecule has 0 spiro atoms. The second-order valence-corrected chi connectivity index (χ2v) is 15.0. The van der Waals surface area contributed by atoms with E-state index in [0.717, 1.165) is 18.4 Å². The predicted octanol–water partition coefficient (Wildman–Crippen LogP) is 2.47. The Morgan fingerprint density at radius 1 is 1.00 bits per heavy atom. The number of aromatic nitrogens is 3. The molecule has 0 saturated heterocycles. The summed E-state index contributed by atoms with van der Waals surface area (Å²) >= 11 is 0. The molecule has 296 valence electrons. The molecule has 0 unspecified atom stereocenters. The van der Waals surface area contributed by atoms with Crippen LogP contribution in [0.4, 0.5) is 0 Å². The summed E-state index contributed by atoms with van der Waals surface area (Å²) in [6, 6.07) is 13.8. The van der Waals surface area contributed by atoms with Gasteiger partial charge in [-0.1, -0.05) is 38.1 Å². The summed E-state index contributed by atoms with van der Waals surface area (Å²) < 4.78 is 12.9. The molecule has 7 rings (SSSR count). The SMILES string of the molecule is COc1ccc(C[C@@H]2NC(=O)[C@@H](NC(=O)c3cc4ncccn4n3)Cc3ccc(cc3)OC[C@H](CC(C)C)NC(=O)CN(CC3CC3)C(=O)[C@@H](C)NC2=O)cc1. The van der Waals surface area contributed by atoms with E-state index in [1.54, 1.807) is 81.0 Å². The van der Waals surface area contributed by atoms with Crippen molar-refractivity contribution in [3.05, 3.63) is 89.9 Å². The van der Waals surface area contributed by atoms with Crippen LogP contribution in [0.2, 0.25) is 0 Å². The largest absolute Gasteiger partial charge is 0.497 e. The van der Waals surface area contributed by atoms with E-state index in [9.17, 15) is 24.0 Å². The molecular formula is C41H50N8O7. The minimum atomic E-state index is -1.15. The Bertz CT molecular complexity index is 1980. The van der Waals surface area contributed by atoms with E-state index < -0.39 is 41.8 Å². The molecule has 2 bridgehead atoms. The minimum Gasteiger partial charge on any atom is -0.497 e. The third-order valence-corrected chi connectivity index (χ3v) is 9.81. The van der Waals surface area contributed by atoms with Crippen molar-refractivity contribution in [2.75, 3.05) is 26.8 Å². The Morgan fingerprint density at radius 3 is 2.43 bits per heavy atom. The highest BCUT2D eigenvalue weighted by Crippen LogP contribution is 2.30. The highest BCUT2D eigenvalue weighted by Gasteiger charge is 2.34. The Balaban J connectivity index is 1.32. The monoisotopic (exact) mass is 766 g/mol. The number of nitrogens with zero attached hydrogens (tertiary/aromatic N) is 4. The van der Waals surface area contributed by atoms with Gasteiger partial charge in [-0.15, -0.1) is 0 Å². The van der Waals surface area contributed by atoms with Crippen molar-refractivity contribution in [2.45, 2.75) is 77.0 Å². The molecule has 2 aromatic heterocycles. The molecule has 1 aliphatic carbocycles. The molecule has 0 radical (unpaired) electrons. The second-order valence-electron chi connectivity index (χ2n) is 15.0. The van der Waals surface area contributed by atoms with Crippen LogP contribution in [-0.2, 0) is 32.0 Å². The quantitative estimate of drug-likeness (QED) is 0.186. The maximum Gasteiger partial charge on any atom is 0.272 e. The van der Waals surface area contributed by atoms with Gasteiger partial charge in [-0.05, 0) is 79.5 Å². The molecule has 4 N–H and O–H groups in total. The molecule has 4 atom stereocenters. The van der Waals surface area contributed by atoms with Crippen LogP contribution in [0.5, 0.6) is 11.5 Å². The molecule has 2 aliphatic heterocycles. The van der Waals surface area contributed by atoms with Crippen LogP contribution in [0.15, 0.2) is 73.1 Å². The smallest absolute Gasteiger partial charge is 0.272 e. The Labute approximate surface area is 325 Å². The van der Waals surface area contributed by atoms with Gasteiger partial charge in [0.2, 0.25) is 23.6 Å². The lowest BCUT2D eigenvalue weighted by molar-refractivity contribution is -0.140. The van der Waals surface area contributed by atoms with E-state index in [2.05, 4.69) is 45.2 Å². The molecule has 4 aromatic rings. The van der Waals surface area contributed by atoms with Crippen molar-refractivity contribution in [1.29, 1.82) is 0 Å². The summed E-state index contributed by atoms with van der Waals surface area (Å²) in [6.07, 6.45) is 5.94. The van der Waals surface area contributed by atoms with Gasteiger partial charge in [0.25, 0.3) is 5.91 Å².